The van der Waals surface area contributed by atoms with Crippen molar-refractivity contribution in [1.29, 1.82) is 5.26 Å². The third-order valence-corrected chi connectivity index (χ3v) is 2.94. The monoisotopic (exact) mass is 232 g/mol. The Morgan fingerprint density at radius 3 is 2.59 bits per heavy atom. The van der Waals surface area contributed by atoms with Gasteiger partial charge in [-0.2, -0.15) is 5.26 Å². The molecule has 0 amide bonds. The van der Waals surface area contributed by atoms with E-state index in [-0.39, 0.29) is 6.04 Å². The molecule has 0 fully saturated rings. The van der Waals surface area contributed by atoms with Crippen molar-refractivity contribution < 1.29 is 4.74 Å². The van der Waals surface area contributed by atoms with Crippen LogP contribution in [0.1, 0.15) is 23.6 Å². The Kier molecular flexibility index (Phi) is 4.99. The van der Waals surface area contributed by atoms with Gasteiger partial charge >= 0.3 is 0 Å². The van der Waals surface area contributed by atoms with E-state index in [1.165, 1.54) is 16.7 Å². The average molecular weight is 232 g/mol. The van der Waals surface area contributed by atoms with Crippen molar-refractivity contribution in [2.24, 2.45) is 0 Å². The second-order valence-electron chi connectivity index (χ2n) is 4.30. The molecule has 0 saturated carbocycles. The van der Waals surface area contributed by atoms with Gasteiger partial charge in [-0.3, -0.25) is 0 Å². The van der Waals surface area contributed by atoms with Crippen molar-refractivity contribution >= 4 is 0 Å². The fourth-order valence-corrected chi connectivity index (χ4v) is 1.70. The molecule has 3 nitrogen and oxygen atoms in total. The molecule has 1 aromatic carbocycles. The zero-order valence-electron chi connectivity index (χ0n) is 11.0. The first-order chi connectivity index (χ1) is 8.08. The summed E-state index contributed by atoms with van der Waals surface area (Å²) in [5, 5.41) is 11.8. The highest BCUT2D eigenvalue weighted by atomic mass is 16.5. The normalized spacial score (nSPS) is 11.9. The molecule has 0 heterocycles. The van der Waals surface area contributed by atoms with Gasteiger partial charge in [-0.1, -0.05) is 6.07 Å². The van der Waals surface area contributed by atoms with Crippen LogP contribution in [0.5, 0.6) is 5.75 Å². The molecule has 0 aliphatic carbocycles. The molecule has 17 heavy (non-hydrogen) atoms. The van der Waals surface area contributed by atoms with Crippen LogP contribution in [0.2, 0.25) is 0 Å². The molecule has 0 radical (unpaired) electrons. The second-order valence-corrected chi connectivity index (χ2v) is 4.30. The Labute approximate surface area is 103 Å². The molecule has 0 spiro atoms. The summed E-state index contributed by atoms with van der Waals surface area (Å²) in [4.78, 5) is 0. The van der Waals surface area contributed by atoms with Crippen LogP contribution < -0.4 is 10.1 Å². The van der Waals surface area contributed by atoms with Crippen LogP contribution in [0, 0.1) is 25.2 Å². The summed E-state index contributed by atoms with van der Waals surface area (Å²) in [6.07, 6.45) is 0.871. The number of benzene rings is 1. The number of hydrogen-bond acceptors (Lipinski definition) is 3. The van der Waals surface area contributed by atoms with E-state index in [0.717, 1.165) is 18.7 Å². The summed E-state index contributed by atoms with van der Waals surface area (Å²) in [5.74, 6) is 0.930. The lowest BCUT2D eigenvalue weighted by atomic mass is 10.0. The average Bonchev–Trinajstić information content (AvgIpc) is 2.32. The first kappa shape index (κ1) is 13.5. The number of hydrogen-bond donors (Lipinski definition) is 1. The zero-order chi connectivity index (χ0) is 12.8. The van der Waals surface area contributed by atoms with Gasteiger partial charge in [0.25, 0.3) is 0 Å². The van der Waals surface area contributed by atoms with E-state index in [9.17, 15) is 0 Å². The highest BCUT2D eigenvalue weighted by molar-refractivity contribution is 5.41. The van der Waals surface area contributed by atoms with Gasteiger partial charge in [0.05, 0.1) is 19.2 Å². The highest BCUT2D eigenvalue weighted by Crippen LogP contribution is 2.23. The van der Waals surface area contributed by atoms with E-state index in [1.54, 1.807) is 7.11 Å². The zero-order valence-corrected chi connectivity index (χ0v) is 11.0. The smallest absolute Gasteiger partial charge is 0.122 e. The molecule has 3 heteroatoms. The molecule has 1 aromatic rings. The van der Waals surface area contributed by atoms with Crippen LogP contribution in [0.3, 0.4) is 0 Å². The van der Waals surface area contributed by atoms with Crippen LogP contribution in [0.4, 0.5) is 0 Å². The van der Waals surface area contributed by atoms with Crippen LogP contribution in [-0.4, -0.2) is 19.7 Å². The minimum atomic E-state index is -0.104. The quantitative estimate of drug-likeness (QED) is 0.847. The lowest BCUT2D eigenvalue weighted by Gasteiger charge is -2.12. The largest absolute Gasteiger partial charge is 0.496 e. The maximum absolute atomic E-state index is 8.68. The predicted octanol–water partition coefficient (Wildman–Crippen LogP) is 2.36. The van der Waals surface area contributed by atoms with Crippen LogP contribution in [0.25, 0.3) is 0 Å². The summed E-state index contributed by atoms with van der Waals surface area (Å²) >= 11 is 0. The number of ether oxygens (including phenoxy) is 1. The van der Waals surface area contributed by atoms with Crippen molar-refractivity contribution in [3.05, 3.63) is 28.8 Å². The third-order valence-electron chi connectivity index (χ3n) is 2.94. The Bertz CT molecular complexity index is 421. The van der Waals surface area contributed by atoms with Crippen molar-refractivity contribution in [3.63, 3.8) is 0 Å². The van der Waals surface area contributed by atoms with Gasteiger partial charge in [0, 0.05) is 6.54 Å². The van der Waals surface area contributed by atoms with Crippen LogP contribution >= 0.6 is 0 Å². The van der Waals surface area contributed by atoms with E-state index in [4.69, 9.17) is 10.00 Å². The Morgan fingerprint density at radius 2 is 2.00 bits per heavy atom. The summed E-state index contributed by atoms with van der Waals surface area (Å²) in [6.45, 7) is 6.83. The van der Waals surface area contributed by atoms with Gasteiger partial charge in [0.2, 0.25) is 0 Å². The molecule has 0 aliphatic rings. The molecule has 1 rings (SSSR count). The molecule has 1 atom stereocenters. The number of methoxy groups -OCH3 is 1. The topological polar surface area (TPSA) is 45.0 Å². The molecule has 0 saturated heterocycles. The van der Waals surface area contributed by atoms with Crippen LogP contribution in [0.15, 0.2) is 12.1 Å². The Morgan fingerprint density at radius 1 is 1.35 bits per heavy atom. The van der Waals surface area contributed by atoms with Gasteiger partial charge < -0.3 is 10.1 Å². The van der Waals surface area contributed by atoms with Gasteiger partial charge in [0.15, 0.2) is 0 Å². The lowest BCUT2D eigenvalue weighted by Crippen LogP contribution is -2.26. The SMILES string of the molecule is COc1cc(C)c(C)cc1CCNC(C)C#N. The van der Waals surface area contributed by atoms with Gasteiger partial charge in [-0.15, -0.1) is 0 Å². The lowest BCUT2D eigenvalue weighted by molar-refractivity contribution is 0.408. The minimum Gasteiger partial charge on any atom is -0.496 e. The second kappa shape index (κ2) is 6.27. The van der Waals surface area contributed by atoms with E-state index < -0.39 is 0 Å². The fourth-order valence-electron chi connectivity index (χ4n) is 1.70. The number of nitriles is 1. The molecular weight excluding hydrogens is 212 g/mol. The van der Waals surface area contributed by atoms with E-state index in [0.29, 0.717) is 0 Å². The number of aryl methyl sites for hydroxylation is 2. The maximum Gasteiger partial charge on any atom is 0.122 e. The molecule has 0 aliphatic heterocycles. The fraction of sp³-hybridized carbons (Fsp3) is 0.500. The molecule has 1 unspecified atom stereocenters. The summed E-state index contributed by atoms with van der Waals surface area (Å²) in [6, 6.07) is 6.28. The summed E-state index contributed by atoms with van der Waals surface area (Å²) < 4.78 is 5.37. The first-order valence-electron chi connectivity index (χ1n) is 5.85. The van der Waals surface area contributed by atoms with Crippen molar-refractivity contribution in [1.82, 2.24) is 5.32 Å². The summed E-state index contributed by atoms with van der Waals surface area (Å²) in [5.41, 5.74) is 3.70. The maximum atomic E-state index is 8.68. The van der Waals surface area contributed by atoms with Crippen LogP contribution in [-0.2, 0) is 6.42 Å². The number of nitrogens with zero attached hydrogens (tertiary/aromatic N) is 1. The van der Waals surface area contributed by atoms with Gasteiger partial charge in [0.1, 0.15) is 5.75 Å². The molecular formula is C14H20N2O. The number of nitrogens with one attached hydrogen (secondary N) is 1. The van der Waals surface area contributed by atoms with E-state index in [2.05, 4.69) is 37.4 Å². The van der Waals surface area contributed by atoms with Crippen molar-refractivity contribution in [3.8, 4) is 11.8 Å². The van der Waals surface area contributed by atoms with Gasteiger partial charge in [-0.05, 0) is 49.9 Å². The van der Waals surface area contributed by atoms with Crippen molar-refractivity contribution in [2.75, 3.05) is 13.7 Å². The minimum absolute atomic E-state index is 0.104. The number of rotatable bonds is 5. The Hall–Kier alpha value is -1.53. The molecule has 1 N–H and O–H groups in total. The third kappa shape index (κ3) is 3.76. The highest BCUT2D eigenvalue weighted by Gasteiger charge is 2.06. The molecule has 0 bridgehead atoms. The molecule has 92 valence electrons. The molecule has 0 aromatic heterocycles. The Balaban J connectivity index is 2.70. The summed E-state index contributed by atoms with van der Waals surface area (Å²) in [7, 11) is 1.69. The van der Waals surface area contributed by atoms with Crippen molar-refractivity contribution in [2.45, 2.75) is 33.2 Å². The van der Waals surface area contributed by atoms with E-state index in [1.807, 2.05) is 6.92 Å². The standard InChI is InChI=1S/C14H20N2O/c1-10-7-13(5-6-16-12(3)9-15)14(17-4)8-11(10)2/h7-8,12,16H,5-6H2,1-4H3. The predicted molar refractivity (Wildman–Crippen MR) is 69.2 cm³/mol. The first-order valence-corrected chi connectivity index (χ1v) is 5.85. The van der Waals surface area contributed by atoms with E-state index >= 15 is 0 Å². The van der Waals surface area contributed by atoms with Gasteiger partial charge in [-0.25, -0.2) is 0 Å².